The van der Waals surface area contributed by atoms with Crippen molar-refractivity contribution in [2.45, 2.75) is 18.2 Å². The van der Waals surface area contributed by atoms with Gasteiger partial charge in [0, 0.05) is 0 Å². The zero-order valence-corrected chi connectivity index (χ0v) is 7.90. The highest BCUT2D eigenvalue weighted by molar-refractivity contribution is 5.85. The highest BCUT2D eigenvalue weighted by Crippen LogP contribution is 1.97. The van der Waals surface area contributed by atoms with E-state index in [1.165, 1.54) is 0 Å². The lowest BCUT2D eigenvalue weighted by molar-refractivity contribution is -0.157. The Labute approximate surface area is 88.9 Å². The predicted octanol–water partition coefficient (Wildman–Crippen LogP) is -3.08. The molecule has 0 aromatic heterocycles. The van der Waals surface area contributed by atoms with Crippen LogP contribution >= 0.6 is 0 Å². The highest BCUT2D eigenvalue weighted by atomic mass is 16.4. The van der Waals surface area contributed by atoms with E-state index in [1.807, 2.05) is 0 Å². The molecule has 0 aromatic rings. The zero-order chi connectivity index (χ0) is 12.9. The Kier molecular flexibility index (Phi) is 5.36. The topological polar surface area (TPSA) is 164 Å². The summed E-state index contributed by atoms with van der Waals surface area (Å²) in [4.78, 5) is 31.3. The summed E-state index contributed by atoms with van der Waals surface area (Å²) < 4.78 is 0. The molecule has 0 radical (unpaired) electrons. The van der Waals surface area contributed by atoms with Crippen LogP contribution in [0, 0.1) is 0 Å². The van der Waals surface area contributed by atoms with E-state index < -0.39 is 42.7 Å². The molecule has 0 aliphatic carbocycles. The molecule has 0 aliphatic rings. The standard InChI is InChI=1S/C7H11NO8/c9-1-2(5(11)12)8-3(6(13)14)4(10)7(15)16/h2-4,8-10H,1H2,(H,11,12)(H,13,14)(H,15,16)/t2-,3-,4?/m0/s1. The van der Waals surface area contributed by atoms with Crippen LogP contribution in [0.2, 0.25) is 0 Å². The van der Waals surface area contributed by atoms with Gasteiger partial charge >= 0.3 is 17.9 Å². The van der Waals surface area contributed by atoms with Crippen LogP contribution in [0.1, 0.15) is 0 Å². The summed E-state index contributed by atoms with van der Waals surface area (Å²) in [7, 11) is 0. The SMILES string of the molecule is O=C(O)C(O)[C@H](N[C@@H](CO)C(=O)O)C(=O)O. The number of aliphatic hydroxyl groups is 2. The van der Waals surface area contributed by atoms with E-state index >= 15 is 0 Å². The number of hydrogen-bond acceptors (Lipinski definition) is 6. The van der Waals surface area contributed by atoms with Crippen molar-refractivity contribution in [1.82, 2.24) is 5.32 Å². The third-order valence-electron chi connectivity index (χ3n) is 1.70. The van der Waals surface area contributed by atoms with Gasteiger partial charge in [0.2, 0.25) is 0 Å². The minimum Gasteiger partial charge on any atom is -0.480 e. The summed E-state index contributed by atoms with van der Waals surface area (Å²) in [6.07, 6.45) is -2.31. The summed E-state index contributed by atoms with van der Waals surface area (Å²) in [5.74, 6) is -5.12. The molecule has 3 atom stereocenters. The Morgan fingerprint density at radius 2 is 1.50 bits per heavy atom. The van der Waals surface area contributed by atoms with Crippen molar-refractivity contribution in [3.63, 3.8) is 0 Å². The molecule has 0 rings (SSSR count). The Hall–Kier alpha value is -1.71. The fourth-order valence-corrected chi connectivity index (χ4v) is 0.859. The number of hydrogen-bond donors (Lipinski definition) is 6. The molecule has 92 valence electrons. The maximum Gasteiger partial charge on any atom is 0.334 e. The van der Waals surface area contributed by atoms with Crippen molar-refractivity contribution >= 4 is 17.9 Å². The molecule has 0 saturated carbocycles. The van der Waals surface area contributed by atoms with E-state index in [1.54, 1.807) is 5.32 Å². The molecule has 9 heteroatoms. The van der Waals surface area contributed by atoms with Crippen LogP contribution in [-0.2, 0) is 14.4 Å². The first-order valence-electron chi connectivity index (χ1n) is 4.04. The number of aliphatic hydroxyl groups excluding tert-OH is 2. The maximum absolute atomic E-state index is 10.6. The van der Waals surface area contributed by atoms with Crippen LogP contribution in [0.3, 0.4) is 0 Å². The van der Waals surface area contributed by atoms with Gasteiger partial charge in [0.05, 0.1) is 6.61 Å². The van der Waals surface area contributed by atoms with Gasteiger partial charge in [0.1, 0.15) is 12.1 Å². The largest absolute Gasteiger partial charge is 0.480 e. The average molecular weight is 237 g/mol. The molecular formula is C7H11NO8. The number of aliphatic carboxylic acids is 3. The van der Waals surface area contributed by atoms with Gasteiger partial charge in [-0.05, 0) is 0 Å². The molecule has 1 unspecified atom stereocenters. The minimum absolute atomic E-state index is 0.939. The molecule has 0 fully saturated rings. The Morgan fingerprint density at radius 1 is 1.00 bits per heavy atom. The lowest BCUT2D eigenvalue weighted by atomic mass is 10.1. The van der Waals surface area contributed by atoms with E-state index in [0.29, 0.717) is 0 Å². The van der Waals surface area contributed by atoms with Gasteiger partial charge in [-0.2, -0.15) is 0 Å². The van der Waals surface area contributed by atoms with E-state index in [0.717, 1.165) is 0 Å². The average Bonchev–Trinajstić information content (AvgIpc) is 2.17. The maximum atomic E-state index is 10.6. The van der Waals surface area contributed by atoms with E-state index in [9.17, 15) is 14.4 Å². The van der Waals surface area contributed by atoms with Crippen molar-refractivity contribution in [2.75, 3.05) is 6.61 Å². The van der Waals surface area contributed by atoms with Gasteiger partial charge in [-0.15, -0.1) is 0 Å². The first kappa shape index (κ1) is 14.3. The van der Waals surface area contributed by atoms with E-state index in [-0.39, 0.29) is 0 Å². The first-order valence-corrected chi connectivity index (χ1v) is 4.04. The van der Waals surface area contributed by atoms with Crippen LogP contribution in [0.5, 0.6) is 0 Å². The van der Waals surface area contributed by atoms with Crippen LogP contribution in [0.4, 0.5) is 0 Å². The number of nitrogens with one attached hydrogen (secondary N) is 1. The molecular weight excluding hydrogens is 226 g/mol. The van der Waals surface area contributed by atoms with E-state index in [2.05, 4.69) is 0 Å². The summed E-state index contributed by atoms with van der Waals surface area (Å²) in [5, 5.41) is 44.8. The second kappa shape index (κ2) is 6.00. The second-order valence-corrected chi connectivity index (χ2v) is 2.84. The van der Waals surface area contributed by atoms with Gasteiger partial charge in [0.15, 0.2) is 6.10 Å². The number of carbonyl (C=O) groups is 3. The van der Waals surface area contributed by atoms with Gasteiger partial charge in [0.25, 0.3) is 0 Å². The number of rotatable bonds is 7. The van der Waals surface area contributed by atoms with Gasteiger partial charge in [-0.1, -0.05) is 0 Å². The minimum atomic E-state index is -2.31. The molecule has 0 heterocycles. The summed E-state index contributed by atoms with van der Waals surface area (Å²) >= 11 is 0. The summed E-state index contributed by atoms with van der Waals surface area (Å²) in [5.41, 5.74) is 0. The van der Waals surface area contributed by atoms with Crippen molar-refractivity contribution in [3.05, 3.63) is 0 Å². The molecule has 0 spiro atoms. The molecule has 0 aliphatic heterocycles. The quantitative estimate of drug-likeness (QED) is 0.269. The van der Waals surface area contributed by atoms with Crippen molar-refractivity contribution < 1.29 is 39.9 Å². The van der Waals surface area contributed by atoms with Crippen molar-refractivity contribution in [1.29, 1.82) is 0 Å². The summed E-state index contributed by atoms with van der Waals surface area (Å²) in [6.45, 7) is -0.939. The predicted molar refractivity (Wildman–Crippen MR) is 46.7 cm³/mol. The van der Waals surface area contributed by atoms with Gasteiger partial charge in [-0.3, -0.25) is 14.9 Å². The molecule has 0 saturated heterocycles. The number of carboxylic acid groups (broad SMARTS) is 3. The molecule has 6 N–H and O–H groups in total. The lowest BCUT2D eigenvalue weighted by Crippen LogP contribution is -2.56. The molecule has 0 aromatic carbocycles. The van der Waals surface area contributed by atoms with Crippen LogP contribution < -0.4 is 5.32 Å². The molecule has 0 bridgehead atoms. The fourth-order valence-electron chi connectivity index (χ4n) is 0.859. The molecule has 0 amide bonds. The Bertz CT molecular complexity index is 290. The third kappa shape index (κ3) is 3.81. The molecule has 9 nitrogen and oxygen atoms in total. The number of carboxylic acids is 3. The zero-order valence-electron chi connectivity index (χ0n) is 7.90. The smallest absolute Gasteiger partial charge is 0.334 e. The van der Waals surface area contributed by atoms with Gasteiger partial charge < -0.3 is 25.5 Å². The Balaban J connectivity index is 4.74. The van der Waals surface area contributed by atoms with Crippen molar-refractivity contribution in [3.8, 4) is 0 Å². The van der Waals surface area contributed by atoms with Gasteiger partial charge in [-0.25, -0.2) is 4.79 Å². The Morgan fingerprint density at radius 3 is 1.75 bits per heavy atom. The molecule has 16 heavy (non-hydrogen) atoms. The third-order valence-corrected chi connectivity index (χ3v) is 1.70. The highest BCUT2D eigenvalue weighted by Gasteiger charge is 2.35. The first-order chi connectivity index (χ1) is 7.31. The summed E-state index contributed by atoms with van der Waals surface area (Å²) in [6, 6.07) is -3.69. The van der Waals surface area contributed by atoms with Crippen LogP contribution in [0.25, 0.3) is 0 Å². The second-order valence-electron chi connectivity index (χ2n) is 2.84. The fraction of sp³-hybridized carbons (Fsp3) is 0.571. The lowest BCUT2D eigenvalue weighted by Gasteiger charge is -2.20. The van der Waals surface area contributed by atoms with Crippen LogP contribution in [0.15, 0.2) is 0 Å². The monoisotopic (exact) mass is 237 g/mol. The van der Waals surface area contributed by atoms with E-state index in [4.69, 9.17) is 25.5 Å². The normalized spacial score (nSPS) is 16.1. The van der Waals surface area contributed by atoms with Crippen molar-refractivity contribution in [2.24, 2.45) is 0 Å². The van der Waals surface area contributed by atoms with Crippen LogP contribution in [-0.4, -0.2) is 68.2 Å².